The number of hydrogen-bond donors (Lipinski definition) is 2. The van der Waals surface area contributed by atoms with Crippen LogP contribution in [0, 0.1) is 12.7 Å². The number of anilines is 2. The average Bonchev–Trinajstić information content (AvgIpc) is 2.67. The van der Waals surface area contributed by atoms with Gasteiger partial charge in [0, 0.05) is 55.7 Å². The second-order valence-electron chi connectivity index (χ2n) is 7.76. The molecule has 0 saturated carbocycles. The summed E-state index contributed by atoms with van der Waals surface area (Å²) in [5, 5.41) is 3.73. The van der Waals surface area contributed by atoms with Crippen molar-refractivity contribution in [3.63, 3.8) is 0 Å². The van der Waals surface area contributed by atoms with Gasteiger partial charge in [0.05, 0.1) is 0 Å². The highest BCUT2D eigenvalue weighted by molar-refractivity contribution is 7.80. The van der Waals surface area contributed by atoms with E-state index >= 15 is 0 Å². The van der Waals surface area contributed by atoms with Crippen LogP contribution in [-0.2, 0) is 11.2 Å². The fraction of sp³-hybridized carbons (Fsp3) is 0.500. The molecule has 4 rings (SSSR count). The summed E-state index contributed by atoms with van der Waals surface area (Å²) in [5.41, 5.74) is 4.71. The van der Waals surface area contributed by atoms with Crippen LogP contribution in [0.5, 0.6) is 0 Å². The first-order chi connectivity index (χ1) is 13.6. The molecule has 0 bridgehead atoms. The zero-order valence-corrected chi connectivity index (χ0v) is 17.2. The van der Waals surface area contributed by atoms with Crippen molar-refractivity contribution < 1.29 is 9.13 Å². The number of benzene rings is 1. The number of pyridine rings is 1. The largest absolute Gasteiger partial charge is 0.382 e. The lowest BCUT2D eigenvalue weighted by Gasteiger charge is -2.41. The summed E-state index contributed by atoms with van der Waals surface area (Å²) >= 11 is 4.42. The molecule has 0 spiro atoms. The number of nitrogens with one attached hydrogen (secondary N) is 1. The van der Waals surface area contributed by atoms with Crippen molar-refractivity contribution in [2.24, 2.45) is 0 Å². The van der Waals surface area contributed by atoms with Crippen LogP contribution in [0.2, 0.25) is 0 Å². The van der Waals surface area contributed by atoms with Crippen LogP contribution in [0.4, 0.5) is 15.9 Å². The summed E-state index contributed by atoms with van der Waals surface area (Å²) in [5.74, 6) is 2.06. The normalized spacial score (nSPS) is 18.2. The number of rotatable bonds is 6. The molecule has 0 amide bonds. The number of aryl methyl sites for hydroxylation is 1. The van der Waals surface area contributed by atoms with Crippen LogP contribution in [0.25, 0.3) is 0 Å². The summed E-state index contributed by atoms with van der Waals surface area (Å²) in [7, 11) is 0. The van der Waals surface area contributed by atoms with Gasteiger partial charge in [-0.15, -0.1) is 0 Å². The Morgan fingerprint density at radius 3 is 2.61 bits per heavy atom. The van der Waals surface area contributed by atoms with E-state index in [1.165, 1.54) is 16.8 Å². The number of nitrogens with zero attached hydrogens (tertiary/aromatic N) is 2. The van der Waals surface area contributed by atoms with Gasteiger partial charge in [-0.1, -0.05) is 12.1 Å². The van der Waals surface area contributed by atoms with E-state index in [0.29, 0.717) is 12.0 Å². The topological polar surface area (TPSA) is 37.4 Å². The highest BCUT2D eigenvalue weighted by Crippen LogP contribution is 2.34. The van der Waals surface area contributed by atoms with Crippen LogP contribution in [0.15, 0.2) is 30.3 Å². The number of aromatic nitrogens is 1. The third-order valence-electron chi connectivity index (χ3n) is 5.84. The Kier molecular flexibility index (Phi) is 6.07. The lowest BCUT2D eigenvalue weighted by atomic mass is 9.91. The predicted molar refractivity (Wildman–Crippen MR) is 115 cm³/mol. The molecule has 3 heterocycles. The molecule has 0 radical (unpaired) electrons. The van der Waals surface area contributed by atoms with E-state index in [1.807, 2.05) is 12.1 Å². The monoisotopic (exact) mass is 401 g/mol. The maximum atomic E-state index is 13.2. The number of halogens is 1. The van der Waals surface area contributed by atoms with Gasteiger partial charge in [-0.3, -0.25) is 0 Å². The Hall–Kier alpha value is -1.79. The summed E-state index contributed by atoms with van der Waals surface area (Å²) in [6.45, 7) is 5.62. The Morgan fingerprint density at radius 2 is 1.93 bits per heavy atom. The standard InChI is InChI=1S/C22H28FN3OS/c1-15-20(8-11-28)25-22(12-21(15)24-19-6-9-27-10-7-19)26-13-17(14-26)16-2-4-18(23)5-3-16/h2-5,12,17,19,28H,6-11,13-14H2,1H3,(H,24,25). The van der Waals surface area contributed by atoms with E-state index in [1.54, 1.807) is 12.1 Å². The van der Waals surface area contributed by atoms with Gasteiger partial charge in [-0.05, 0) is 55.2 Å². The van der Waals surface area contributed by atoms with E-state index in [0.717, 1.165) is 62.8 Å². The molecule has 28 heavy (non-hydrogen) atoms. The summed E-state index contributed by atoms with van der Waals surface area (Å²) in [4.78, 5) is 7.24. The van der Waals surface area contributed by atoms with Crippen molar-refractivity contribution in [1.29, 1.82) is 0 Å². The van der Waals surface area contributed by atoms with Crippen molar-refractivity contribution >= 4 is 24.1 Å². The predicted octanol–water partition coefficient (Wildman–Crippen LogP) is 4.20. The molecule has 2 aromatic rings. The lowest BCUT2D eigenvalue weighted by molar-refractivity contribution is 0.0904. The SMILES string of the molecule is Cc1c(NC2CCOCC2)cc(N2CC(c3ccc(F)cc3)C2)nc1CCS. The maximum Gasteiger partial charge on any atom is 0.130 e. The molecule has 2 aliphatic rings. The molecule has 1 aromatic heterocycles. The van der Waals surface area contributed by atoms with Crippen LogP contribution in [0.3, 0.4) is 0 Å². The van der Waals surface area contributed by atoms with Crippen LogP contribution >= 0.6 is 12.6 Å². The summed E-state index contributed by atoms with van der Waals surface area (Å²) in [6.07, 6.45) is 2.94. The smallest absolute Gasteiger partial charge is 0.130 e. The molecule has 0 aliphatic carbocycles. The molecule has 2 fully saturated rings. The Morgan fingerprint density at radius 1 is 1.21 bits per heavy atom. The third-order valence-corrected chi connectivity index (χ3v) is 6.06. The molecule has 0 atom stereocenters. The molecule has 6 heteroatoms. The Balaban J connectivity index is 1.50. The second-order valence-corrected chi connectivity index (χ2v) is 8.20. The first kappa shape index (κ1) is 19.5. The first-order valence-electron chi connectivity index (χ1n) is 10.1. The van der Waals surface area contributed by atoms with Gasteiger partial charge in [0.15, 0.2) is 0 Å². The minimum atomic E-state index is -0.180. The molecule has 150 valence electrons. The molecular formula is C22H28FN3OS. The lowest BCUT2D eigenvalue weighted by Crippen LogP contribution is -2.45. The Labute approximate surface area is 171 Å². The van der Waals surface area contributed by atoms with Crippen molar-refractivity contribution in [2.75, 3.05) is 42.3 Å². The zero-order valence-electron chi connectivity index (χ0n) is 16.3. The highest BCUT2D eigenvalue weighted by Gasteiger charge is 2.30. The van der Waals surface area contributed by atoms with Crippen molar-refractivity contribution in [1.82, 2.24) is 4.98 Å². The van der Waals surface area contributed by atoms with E-state index in [-0.39, 0.29) is 5.82 Å². The zero-order chi connectivity index (χ0) is 19.5. The van der Waals surface area contributed by atoms with Gasteiger partial charge in [0.25, 0.3) is 0 Å². The molecule has 4 nitrogen and oxygen atoms in total. The van der Waals surface area contributed by atoms with Crippen molar-refractivity contribution in [3.8, 4) is 0 Å². The molecule has 1 aromatic carbocycles. The van der Waals surface area contributed by atoms with Crippen molar-refractivity contribution in [3.05, 3.63) is 53.0 Å². The second kappa shape index (κ2) is 8.70. The third kappa shape index (κ3) is 4.28. The number of hydrogen-bond acceptors (Lipinski definition) is 5. The van der Waals surface area contributed by atoms with E-state index in [9.17, 15) is 4.39 Å². The van der Waals surface area contributed by atoms with Gasteiger partial charge in [0.1, 0.15) is 11.6 Å². The van der Waals surface area contributed by atoms with Crippen molar-refractivity contribution in [2.45, 2.75) is 38.1 Å². The van der Waals surface area contributed by atoms with Gasteiger partial charge in [-0.25, -0.2) is 9.37 Å². The molecule has 0 unspecified atom stereocenters. The highest BCUT2D eigenvalue weighted by atomic mass is 32.1. The van der Waals surface area contributed by atoms with Gasteiger partial charge >= 0.3 is 0 Å². The summed E-state index contributed by atoms with van der Waals surface area (Å²) in [6, 6.07) is 9.52. The van der Waals surface area contributed by atoms with E-state index < -0.39 is 0 Å². The van der Waals surface area contributed by atoms with Crippen LogP contribution in [-0.4, -0.2) is 43.1 Å². The van der Waals surface area contributed by atoms with Crippen LogP contribution < -0.4 is 10.2 Å². The fourth-order valence-corrected chi connectivity index (χ4v) is 4.19. The quantitative estimate of drug-likeness (QED) is 0.712. The minimum Gasteiger partial charge on any atom is -0.382 e. The first-order valence-corrected chi connectivity index (χ1v) is 10.7. The molecular weight excluding hydrogens is 373 g/mol. The van der Waals surface area contributed by atoms with Crippen LogP contribution in [0.1, 0.15) is 35.6 Å². The minimum absolute atomic E-state index is 0.180. The maximum absolute atomic E-state index is 13.2. The number of thiol groups is 1. The summed E-state index contributed by atoms with van der Waals surface area (Å²) < 4.78 is 18.6. The molecule has 2 aliphatic heterocycles. The van der Waals surface area contributed by atoms with Gasteiger partial charge in [0.2, 0.25) is 0 Å². The van der Waals surface area contributed by atoms with Gasteiger partial charge < -0.3 is 15.0 Å². The van der Waals surface area contributed by atoms with Gasteiger partial charge in [-0.2, -0.15) is 12.6 Å². The fourth-order valence-electron chi connectivity index (χ4n) is 3.98. The Bertz CT molecular complexity index is 802. The van der Waals surface area contributed by atoms with E-state index in [4.69, 9.17) is 9.72 Å². The average molecular weight is 402 g/mol. The number of ether oxygens (including phenoxy) is 1. The molecule has 2 saturated heterocycles. The molecule has 1 N–H and O–H groups in total. The van der Waals surface area contributed by atoms with E-state index in [2.05, 4.69) is 35.8 Å².